The van der Waals surface area contributed by atoms with E-state index in [1.165, 1.54) is 11.1 Å². The molecule has 0 radical (unpaired) electrons. The molecule has 0 spiro atoms. The number of rotatable bonds is 8. The zero-order valence-corrected chi connectivity index (χ0v) is 18.5. The minimum atomic E-state index is -0.336. The third-order valence-electron chi connectivity index (χ3n) is 5.22. The van der Waals surface area contributed by atoms with E-state index in [2.05, 4.69) is 33.9 Å². The fourth-order valence-electron chi connectivity index (χ4n) is 3.59. The van der Waals surface area contributed by atoms with Crippen molar-refractivity contribution in [2.75, 3.05) is 32.6 Å². The molecule has 1 fully saturated rings. The fourth-order valence-corrected chi connectivity index (χ4v) is 3.59. The number of hydrogen-bond donors (Lipinski definition) is 3. The van der Waals surface area contributed by atoms with Crippen LogP contribution in [0.5, 0.6) is 5.75 Å². The van der Waals surface area contributed by atoms with Gasteiger partial charge >= 0.3 is 0 Å². The second-order valence-corrected chi connectivity index (χ2v) is 7.61. The Morgan fingerprint density at radius 3 is 2.84 bits per heavy atom. The number of guanidine groups is 1. The Morgan fingerprint density at radius 2 is 2.10 bits per heavy atom. The predicted molar refractivity (Wildman–Crippen MR) is 124 cm³/mol. The van der Waals surface area contributed by atoms with E-state index in [0.717, 1.165) is 48.8 Å². The van der Waals surface area contributed by atoms with Crippen LogP contribution in [0.2, 0.25) is 0 Å². The number of amides is 1. The van der Waals surface area contributed by atoms with Crippen LogP contribution in [0.25, 0.3) is 0 Å². The SMILES string of the molecule is CN=C(NCCc1cc(C)ccc1OC)NCc1cccc(NC(=O)C2CCCO2)c1. The molecule has 7 heteroatoms. The summed E-state index contributed by atoms with van der Waals surface area (Å²) in [5, 5.41) is 9.60. The lowest BCUT2D eigenvalue weighted by Gasteiger charge is -2.14. The molecule has 1 amide bonds. The molecular formula is C24H32N4O3. The van der Waals surface area contributed by atoms with E-state index in [1.54, 1.807) is 14.2 Å². The summed E-state index contributed by atoms with van der Waals surface area (Å²) in [5.74, 6) is 1.55. The summed E-state index contributed by atoms with van der Waals surface area (Å²) in [5.41, 5.74) is 4.20. The van der Waals surface area contributed by atoms with Crippen LogP contribution in [-0.2, 0) is 22.5 Å². The third kappa shape index (κ3) is 6.72. The molecule has 3 N–H and O–H groups in total. The van der Waals surface area contributed by atoms with Crippen LogP contribution in [0, 0.1) is 6.92 Å². The average molecular weight is 425 g/mol. The lowest BCUT2D eigenvalue weighted by molar-refractivity contribution is -0.124. The molecular weight excluding hydrogens is 392 g/mol. The monoisotopic (exact) mass is 424 g/mol. The van der Waals surface area contributed by atoms with Crippen molar-refractivity contribution < 1.29 is 14.3 Å². The van der Waals surface area contributed by atoms with Crippen LogP contribution in [0.1, 0.15) is 29.5 Å². The van der Waals surface area contributed by atoms with Crippen molar-refractivity contribution in [1.82, 2.24) is 10.6 Å². The standard InChI is InChI=1S/C24H32N4O3/c1-17-9-10-21(30-3)19(14-17)11-12-26-24(25-2)27-16-18-6-4-7-20(15-18)28-23(29)22-8-5-13-31-22/h4,6-7,9-10,14-15,22H,5,8,11-13,16H2,1-3H3,(H,28,29)(H2,25,26,27). The molecule has 1 saturated heterocycles. The van der Waals surface area contributed by atoms with Gasteiger partial charge in [-0.1, -0.05) is 29.8 Å². The van der Waals surface area contributed by atoms with Crippen molar-refractivity contribution in [1.29, 1.82) is 0 Å². The number of anilines is 1. The summed E-state index contributed by atoms with van der Waals surface area (Å²) < 4.78 is 10.9. The van der Waals surface area contributed by atoms with Gasteiger partial charge in [-0.25, -0.2) is 0 Å². The van der Waals surface area contributed by atoms with Crippen LogP contribution in [0.4, 0.5) is 5.69 Å². The first kappa shape index (κ1) is 22.6. The second kappa shape index (κ2) is 11.4. The fraction of sp³-hybridized carbons (Fsp3) is 0.417. The number of carbonyl (C=O) groups is 1. The summed E-state index contributed by atoms with van der Waals surface area (Å²) >= 11 is 0. The van der Waals surface area contributed by atoms with Crippen molar-refractivity contribution in [2.45, 2.75) is 38.8 Å². The predicted octanol–water partition coefficient (Wildman–Crippen LogP) is 3.03. The topological polar surface area (TPSA) is 84.0 Å². The molecule has 1 aliphatic heterocycles. The lowest BCUT2D eigenvalue weighted by atomic mass is 10.1. The Bertz CT molecular complexity index is 907. The van der Waals surface area contributed by atoms with Gasteiger partial charge in [-0.05, 0) is 55.5 Å². The van der Waals surface area contributed by atoms with Gasteiger partial charge in [0, 0.05) is 32.4 Å². The molecule has 1 aliphatic rings. The van der Waals surface area contributed by atoms with E-state index < -0.39 is 0 Å². The molecule has 2 aromatic rings. The van der Waals surface area contributed by atoms with Crippen LogP contribution in [0.15, 0.2) is 47.5 Å². The highest BCUT2D eigenvalue weighted by Gasteiger charge is 2.23. The van der Waals surface area contributed by atoms with Crippen molar-refractivity contribution in [3.8, 4) is 5.75 Å². The second-order valence-electron chi connectivity index (χ2n) is 7.61. The lowest BCUT2D eigenvalue weighted by Crippen LogP contribution is -2.37. The maximum absolute atomic E-state index is 12.3. The van der Waals surface area contributed by atoms with Crippen molar-refractivity contribution >= 4 is 17.6 Å². The van der Waals surface area contributed by atoms with Gasteiger partial charge in [-0.3, -0.25) is 9.79 Å². The van der Waals surface area contributed by atoms with E-state index in [9.17, 15) is 4.79 Å². The molecule has 1 heterocycles. The Morgan fingerprint density at radius 1 is 1.23 bits per heavy atom. The number of benzene rings is 2. The zero-order valence-electron chi connectivity index (χ0n) is 18.5. The summed E-state index contributed by atoms with van der Waals surface area (Å²) in [6.45, 7) is 4.06. The first-order valence-corrected chi connectivity index (χ1v) is 10.7. The number of hydrogen-bond acceptors (Lipinski definition) is 4. The van der Waals surface area contributed by atoms with E-state index in [0.29, 0.717) is 13.2 Å². The Hall–Kier alpha value is -3.06. The molecule has 166 valence electrons. The molecule has 0 bridgehead atoms. The molecule has 2 aromatic carbocycles. The summed E-state index contributed by atoms with van der Waals surface area (Å²) in [4.78, 5) is 16.5. The van der Waals surface area contributed by atoms with Crippen LogP contribution in [0.3, 0.4) is 0 Å². The Kier molecular flexibility index (Phi) is 8.29. The summed E-state index contributed by atoms with van der Waals surface area (Å²) in [6.07, 6.45) is 2.21. The van der Waals surface area contributed by atoms with Crippen molar-refractivity contribution in [3.63, 3.8) is 0 Å². The molecule has 31 heavy (non-hydrogen) atoms. The quantitative estimate of drug-likeness (QED) is 0.448. The molecule has 7 nitrogen and oxygen atoms in total. The largest absolute Gasteiger partial charge is 0.496 e. The van der Waals surface area contributed by atoms with Crippen LogP contribution >= 0.6 is 0 Å². The summed E-state index contributed by atoms with van der Waals surface area (Å²) in [6, 6.07) is 14.0. The van der Waals surface area contributed by atoms with Gasteiger partial charge < -0.3 is 25.4 Å². The van der Waals surface area contributed by atoms with Gasteiger partial charge in [0.15, 0.2) is 5.96 Å². The number of methoxy groups -OCH3 is 1. The molecule has 1 atom stereocenters. The van der Waals surface area contributed by atoms with Gasteiger partial charge in [-0.15, -0.1) is 0 Å². The Labute approximate surface area is 184 Å². The number of nitrogens with one attached hydrogen (secondary N) is 3. The van der Waals surface area contributed by atoms with E-state index in [1.807, 2.05) is 36.4 Å². The van der Waals surface area contributed by atoms with Gasteiger partial charge in [0.25, 0.3) is 5.91 Å². The highest BCUT2D eigenvalue weighted by Crippen LogP contribution is 2.20. The molecule has 1 unspecified atom stereocenters. The van der Waals surface area contributed by atoms with E-state index in [-0.39, 0.29) is 12.0 Å². The molecule has 3 rings (SSSR count). The molecule has 0 saturated carbocycles. The maximum Gasteiger partial charge on any atom is 0.253 e. The number of aryl methyl sites for hydroxylation is 1. The van der Waals surface area contributed by atoms with E-state index >= 15 is 0 Å². The normalized spacial score (nSPS) is 16.1. The third-order valence-corrected chi connectivity index (χ3v) is 5.22. The van der Waals surface area contributed by atoms with Crippen molar-refractivity contribution in [2.24, 2.45) is 4.99 Å². The van der Waals surface area contributed by atoms with E-state index in [4.69, 9.17) is 9.47 Å². The smallest absolute Gasteiger partial charge is 0.253 e. The highest BCUT2D eigenvalue weighted by atomic mass is 16.5. The van der Waals surface area contributed by atoms with Gasteiger partial charge in [0.05, 0.1) is 7.11 Å². The first-order chi connectivity index (χ1) is 15.1. The molecule has 0 aliphatic carbocycles. The minimum absolute atomic E-state index is 0.0772. The van der Waals surface area contributed by atoms with Gasteiger partial charge in [0.1, 0.15) is 11.9 Å². The zero-order chi connectivity index (χ0) is 22.1. The first-order valence-electron chi connectivity index (χ1n) is 10.7. The van der Waals surface area contributed by atoms with Crippen LogP contribution in [-0.4, -0.2) is 45.3 Å². The summed E-state index contributed by atoms with van der Waals surface area (Å²) in [7, 11) is 3.44. The van der Waals surface area contributed by atoms with Gasteiger partial charge in [-0.2, -0.15) is 0 Å². The van der Waals surface area contributed by atoms with Crippen LogP contribution < -0.4 is 20.7 Å². The highest BCUT2D eigenvalue weighted by molar-refractivity contribution is 5.94. The minimum Gasteiger partial charge on any atom is -0.496 e. The average Bonchev–Trinajstić information content (AvgIpc) is 3.32. The number of ether oxygens (including phenoxy) is 2. The van der Waals surface area contributed by atoms with Crippen molar-refractivity contribution in [3.05, 3.63) is 59.2 Å². The Balaban J connectivity index is 1.48. The number of carbonyl (C=O) groups excluding carboxylic acids is 1. The number of aliphatic imine (C=N–C) groups is 1. The maximum atomic E-state index is 12.3. The number of nitrogens with zero attached hydrogens (tertiary/aromatic N) is 1. The van der Waals surface area contributed by atoms with Gasteiger partial charge in [0.2, 0.25) is 0 Å². The molecule has 0 aromatic heterocycles.